The Hall–Kier alpha value is -4.46. The van der Waals surface area contributed by atoms with Crippen LogP contribution in [0.25, 0.3) is 6.08 Å². The van der Waals surface area contributed by atoms with Crippen molar-refractivity contribution in [2.75, 3.05) is 12.4 Å². The summed E-state index contributed by atoms with van der Waals surface area (Å²) in [7, 11) is 1.43. The smallest absolute Gasteiger partial charge is 0.335 e. The Balaban J connectivity index is 1.89. The van der Waals surface area contributed by atoms with Crippen LogP contribution in [0.2, 0.25) is 0 Å². The van der Waals surface area contributed by atoms with E-state index in [4.69, 9.17) is 9.84 Å². The van der Waals surface area contributed by atoms with Crippen molar-refractivity contribution in [1.29, 1.82) is 0 Å². The number of carboxylic acids is 1. The molecule has 3 N–H and O–H groups in total. The fourth-order valence-corrected chi connectivity index (χ4v) is 2.80. The molecule has 0 aliphatic rings. The Morgan fingerprint density at radius 3 is 2.22 bits per heavy atom. The van der Waals surface area contributed by atoms with Gasteiger partial charge in [-0.15, -0.1) is 0 Å². The van der Waals surface area contributed by atoms with Crippen molar-refractivity contribution in [2.24, 2.45) is 0 Å². The first kappa shape index (κ1) is 22.2. The van der Waals surface area contributed by atoms with Crippen molar-refractivity contribution >= 4 is 29.5 Å². The van der Waals surface area contributed by atoms with Gasteiger partial charge in [-0.1, -0.05) is 24.3 Å². The monoisotopic (exact) mass is 434 g/mol. The lowest BCUT2D eigenvalue weighted by molar-refractivity contribution is -0.113. The summed E-state index contributed by atoms with van der Waals surface area (Å²) in [5, 5.41) is 14.2. The van der Waals surface area contributed by atoms with Crippen LogP contribution in [0.1, 0.15) is 26.3 Å². The third kappa shape index (κ3) is 5.57. The summed E-state index contributed by atoms with van der Waals surface area (Å²) in [6.07, 6.45) is 1.40. The molecule has 0 bridgehead atoms. The number of amides is 2. The molecule has 0 unspecified atom stereocenters. The molecular weight excluding hydrogens is 415 g/mol. The maximum Gasteiger partial charge on any atom is 0.335 e. The van der Waals surface area contributed by atoms with E-state index in [1.54, 1.807) is 24.3 Å². The summed E-state index contributed by atoms with van der Waals surface area (Å²) < 4.78 is 18.4. The van der Waals surface area contributed by atoms with Gasteiger partial charge in [0.25, 0.3) is 11.8 Å². The minimum Gasteiger partial charge on any atom is -0.496 e. The van der Waals surface area contributed by atoms with Crippen LogP contribution in [-0.2, 0) is 4.79 Å². The molecule has 0 saturated heterocycles. The Kier molecular flexibility index (Phi) is 6.97. The molecule has 0 saturated carbocycles. The van der Waals surface area contributed by atoms with E-state index in [1.165, 1.54) is 61.7 Å². The lowest BCUT2D eigenvalue weighted by Gasteiger charge is -2.13. The van der Waals surface area contributed by atoms with Gasteiger partial charge in [0.1, 0.15) is 17.3 Å². The molecule has 0 aliphatic carbocycles. The minimum atomic E-state index is -1.09. The maximum atomic E-state index is 13.2. The van der Waals surface area contributed by atoms with Crippen LogP contribution in [0.4, 0.5) is 10.1 Å². The number of methoxy groups -OCH3 is 1. The van der Waals surface area contributed by atoms with Crippen molar-refractivity contribution in [3.8, 4) is 5.75 Å². The van der Waals surface area contributed by atoms with Gasteiger partial charge in [0.2, 0.25) is 0 Å². The van der Waals surface area contributed by atoms with E-state index in [1.807, 2.05) is 0 Å². The standard InChI is InChI=1S/C24H19FN2O5/c1-32-21-5-3-2-4-19(21)22(28)27-20(14-15-6-10-17(25)11-7-15)23(29)26-18-12-8-16(9-13-18)24(30)31/h2-14H,1H3,(H,26,29)(H,27,28)(H,30,31)/b20-14+. The topological polar surface area (TPSA) is 105 Å². The van der Waals surface area contributed by atoms with E-state index in [9.17, 15) is 18.8 Å². The first-order chi connectivity index (χ1) is 15.4. The lowest BCUT2D eigenvalue weighted by Crippen LogP contribution is -2.31. The molecule has 0 radical (unpaired) electrons. The van der Waals surface area contributed by atoms with E-state index in [-0.39, 0.29) is 16.8 Å². The number of carbonyl (C=O) groups is 3. The highest BCUT2D eigenvalue weighted by atomic mass is 19.1. The number of para-hydroxylation sites is 1. The molecule has 3 rings (SSSR count). The summed E-state index contributed by atoms with van der Waals surface area (Å²) in [5.74, 6) is -2.43. The van der Waals surface area contributed by atoms with Gasteiger partial charge in [0.05, 0.1) is 18.2 Å². The largest absolute Gasteiger partial charge is 0.496 e. The Bertz CT molecular complexity index is 1170. The fraction of sp³-hybridized carbons (Fsp3) is 0.0417. The molecule has 7 nitrogen and oxygen atoms in total. The Morgan fingerprint density at radius 1 is 0.938 bits per heavy atom. The number of nitrogens with one attached hydrogen (secondary N) is 2. The van der Waals surface area contributed by atoms with E-state index in [0.29, 0.717) is 17.0 Å². The number of carboxylic acid groups (broad SMARTS) is 1. The average Bonchev–Trinajstić information content (AvgIpc) is 2.80. The predicted molar refractivity (Wildman–Crippen MR) is 117 cm³/mol. The second kappa shape index (κ2) is 10.0. The van der Waals surface area contributed by atoms with Crippen molar-refractivity contribution in [3.05, 3.63) is 101 Å². The van der Waals surface area contributed by atoms with Gasteiger partial charge in [-0.05, 0) is 60.2 Å². The molecule has 0 heterocycles. The number of halogens is 1. The first-order valence-corrected chi connectivity index (χ1v) is 9.43. The number of benzene rings is 3. The average molecular weight is 434 g/mol. The Morgan fingerprint density at radius 2 is 1.59 bits per heavy atom. The van der Waals surface area contributed by atoms with Gasteiger partial charge < -0.3 is 20.5 Å². The Labute approximate surface area is 183 Å². The highest BCUT2D eigenvalue weighted by Crippen LogP contribution is 2.18. The van der Waals surface area contributed by atoms with Gasteiger partial charge in [-0.2, -0.15) is 0 Å². The van der Waals surface area contributed by atoms with Gasteiger partial charge in [-0.25, -0.2) is 9.18 Å². The van der Waals surface area contributed by atoms with Crippen molar-refractivity contribution < 1.29 is 28.6 Å². The first-order valence-electron chi connectivity index (χ1n) is 9.43. The van der Waals surface area contributed by atoms with Crippen LogP contribution in [0.15, 0.2) is 78.5 Å². The number of hydrogen-bond acceptors (Lipinski definition) is 4. The maximum absolute atomic E-state index is 13.2. The second-order valence-corrected chi connectivity index (χ2v) is 6.60. The number of hydrogen-bond donors (Lipinski definition) is 3. The molecule has 0 atom stereocenters. The zero-order chi connectivity index (χ0) is 23.1. The molecule has 0 aliphatic heterocycles. The third-order valence-corrected chi connectivity index (χ3v) is 4.42. The molecule has 32 heavy (non-hydrogen) atoms. The highest BCUT2D eigenvalue weighted by molar-refractivity contribution is 6.11. The molecule has 3 aromatic carbocycles. The quantitative estimate of drug-likeness (QED) is 0.489. The zero-order valence-corrected chi connectivity index (χ0v) is 17.0. The van der Waals surface area contributed by atoms with Crippen molar-refractivity contribution in [2.45, 2.75) is 0 Å². The summed E-state index contributed by atoms with van der Waals surface area (Å²) in [5.41, 5.74) is 0.998. The second-order valence-electron chi connectivity index (χ2n) is 6.60. The van der Waals surface area contributed by atoms with E-state index >= 15 is 0 Å². The van der Waals surface area contributed by atoms with E-state index in [0.717, 1.165) is 0 Å². The van der Waals surface area contributed by atoms with Gasteiger partial charge in [0, 0.05) is 5.69 Å². The zero-order valence-electron chi connectivity index (χ0n) is 17.0. The molecule has 162 valence electrons. The van der Waals surface area contributed by atoms with Crippen LogP contribution in [0.5, 0.6) is 5.75 Å². The van der Waals surface area contributed by atoms with E-state index in [2.05, 4.69) is 10.6 Å². The van der Waals surface area contributed by atoms with Crippen LogP contribution in [0.3, 0.4) is 0 Å². The van der Waals surface area contributed by atoms with Crippen LogP contribution in [-0.4, -0.2) is 30.0 Å². The molecule has 0 fully saturated rings. The predicted octanol–water partition coefficient (Wildman–Crippen LogP) is 3.94. The minimum absolute atomic E-state index is 0.0644. The normalized spacial score (nSPS) is 10.9. The van der Waals surface area contributed by atoms with Gasteiger partial charge >= 0.3 is 5.97 Å². The molecule has 0 spiro atoms. The molecule has 3 aromatic rings. The molecule has 2 amide bonds. The van der Waals surface area contributed by atoms with E-state index < -0.39 is 23.6 Å². The van der Waals surface area contributed by atoms with Crippen LogP contribution in [0, 0.1) is 5.82 Å². The van der Waals surface area contributed by atoms with Gasteiger partial charge in [0.15, 0.2) is 0 Å². The summed E-state index contributed by atoms with van der Waals surface area (Å²) in [4.78, 5) is 36.7. The lowest BCUT2D eigenvalue weighted by atomic mass is 10.1. The summed E-state index contributed by atoms with van der Waals surface area (Å²) in [6.45, 7) is 0. The molecular formula is C24H19FN2O5. The molecule has 8 heteroatoms. The number of ether oxygens (including phenoxy) is 1. The number of carbonyl (C=O) groups excluding carboxylic acids is 2. The van der Waals surface area contributed by atoms with Crippen LogP contribution < -0.4 is 15.4 Å². The fourth-order valence-electron chi connectivity index (χ4n) is 2.80. The number of aromatic carboxylic acids is 1. The third-order valence-electron chi connectivity index (χ3n) is 4.42. The van der Waals surface area contributed by atoms with Crippen LogP contribution >= 0.6 is 0 Å². The molecule has 0 aromatic heterocycles. The highest BCUT2D eigenvalue weighted by Gasteiger charge is 2.18. The van der Waals surface area contributed by atoms with Crippen molar-refractivity contribution in [3.63, 3.8) is 0 Å². The number of rotatable bonds is 7. The summed E-state index contributed by atoms with van der Waals surface area (Å²) in [6, 6.07) is 17.4. The summed E-state index contributed by atoms with van der Waals surface area (Å²) >= 11 is 0. The SMILES string of the molecule is COc1ccccc1C(=O)N/C(=C/c1ccc(F)cc1)C(=O)Nc1ccc(C(=O)O)cc1. The number of anilines is 1. The van der Waals surface area contributed by atoms with Gasteiger partial charge in [-0.3, -0.25) is 9.59 Å². The van der Waals surface area contributed by atoms with Crippen molar-refractivity contribution in [1.82, 2.24) is 5.32 Å².